The summed E-state index contributed by atoms with van der Waals surface area (Å²) in [6.45, 7) is 23.1. The lowest BCUT2D eigenvalue weighted by atomic mass is 9.62. The molecule has 1 atom stereocenters. The topological polar surface area (TPSA) is 71.1 Å². The highest BCUT2D eigenvalue weighted by atomic mass is 79.9. The molecule has 6 nitrogen and oxygen atoms in total. The van der Waals surface area contributed by atoms with Crippen LogP contribution < -0.4 is 0 Å². The normalized spacial score (nSPS) is 14.5. The van der Waals surface area contributed by atoms with Crippen molar-refractivity contribution in [3.8, 4) is 0 Å². The van der Waals surface area contributed by atoms with Crippen LogP contribution in [-0.4, -0.2) is 54.4 Å². The molecule has 7 heteroatoms. The monoisotopic (exact) mass is 564 g/mol. The van der Waals surface area contributed by atoms with Crippen LogP contribution in [0.1, 0.15) is 108 Å². The van der Waals surface area contributed by atoms with Crippen LogP contribution in [0.15, 0.2) is 0 Å². The Kier molecular flexibility index (Phi) is 13.5. The summed E-state index contributed by atoms with van der Waals surface area (Å²) in [4.78, 5) is 26.1. The van der Waals surface area contributed by atoms with Crippen LogP contribution in [-0.2, 0) is 28.5 Å². The average Bonchev–Trinajstić information content (AvgIpc) is 2.70. The van der Waals surface area contributed by atoms with Crippen molar-refractivity contribution in [1.82, 2.24) is 0 Å². The molecular formula is C28H53BrO6. The van der Waals surface area contributed by atoms with Gasteiger partial charge in [-0.05, 0) is 80.1 Å². The molecule has 0 aromatic carbocycles. The van der Waals surface area contributed by atoms with Crippen molar-refractivity contribution in [2.45, 2.75) is 124 Å². The van der Waals surface area contributed by atoms with Crippen molar-refractivity contribution in [2.24, 2.45) is 16.7 Å². The van der Waals surface area contributed by atoms with E-state index < -0.39 is 26.7 Å². The van der Waals surface area contributed by atoms with E-state index in [0.29, 0.717) is 26.1 Å². The van der Waals surface area contributed by atoms with E-state index in [-0.39, 0.29) is 24.1 Å². The maximum Gasteiger partial charge on any atom is 0.312 e. The molecule has 0 aliphatic heterocycles. The van der Waals surface area contributed by atoms with Crippen LogP contribution in [0.3, 0.4) is 0 Å². The molecule has 208 valence electrons. The molecule has 35 heavy (non-hydrogen) atoms. The van der Waals surface area contributed by atoms with Crippen LogP contribution in [0, 0.1) is 16.7 Å². The number of carbonyl (C=O) groups is 2. The molecule has 0 rings (SSSR count). The zero-order chi connectivity index (χ0) is 27.7. The number of ether oxygens (including phenoxy) is 4. The lowest BCUT2D eigenvalue weighted by molar-refractivity contribution is -0.166. The second-order valence-corrected chi connectivity index (χ2v) is 14.6. The molecule has 0 amide bonds. The summed E-state index contributed by atoms with van der Waals surface area (Å²) >= 11 is 3.67. The summed E-state index contributed by atoms with van der Waals surface area (Å²) < 4.78 is 22.3. The molecule has 0 saturated carbocycles. The van der Waals surface area contributed by atoms with E-state index in [0.717, 1.165) is 19.3 Å². The van der Waals surface area contributed by atoms with Gasteiger partial charge in [0.15, 0.2) is 0 Å². The maximum absolute atomic E-state index is 13.2. The number of carbonyl (C=O) groups excluding carboxylic acids is 2. The van der Waals surface area contributed by atoms with E-state index >= 15 is 0 Å². The third-order valence-electron chi connectivity index (χ3n) is 7.46. The quantitative estimate of drug-likeness (QED) is 0.106. The smallest absolute Gasteiger partial charge is 0.312 e. The molecule has 1 unspecified atom stereocenters. The van der Waals surface area contributed by atoms with Crippen molar-refractivity contribution in [3.05, 3.63) is 0 Å². The van der Waals surface area contributed by atoms with E-state index in [1.807, 2.05) is 69.2 Å². The zero-order valence-corrected chi connectivity index (χ0v) is 26.1. The minimum Gasteiger partial charge on any atom is -0.465 e. The Morgan fingerprint density at radius 1 is 0.800 bits per heavy atom. The van der Waals surface area contributed by atoms with E-state index in [9.17, 15) is 9.59 Å². The van der Waals surface area contributed by atoms with Crippen molar-refractivity contribution < 1.29 is 28.5 Å². The zero-order valence-electron chi connectivity index (χ0n) is 24.6. The number of unbranched alkanes of at least 4 members (excludes halogenated alkanes) is 1. The fraction of sp³-hybridized carbons (Fsp3) is 0.929. The van der Waals surface area contributed by atoms with E-state index in [4.69, 9.17) is 18.9 Å². The first kappa shape index (κ1) is 34.3. The first-order valence-electron chi connectivity index (χ1n) is 12.9. The van der Waals surface area contributed by atoms with Gasteiger partial charge in [0.1, 0.15) is 0 Å². The molecular weight excluding hydrogens is 512 g/mol. The van der Waals surface area contributed by atoms with Gasteiger partial charge in [-0.25, -0.2) is 0 Å². The summed E-state index contributed by atoms with van der Waals surface area (Å²) in [5.41, 5.74) is -1.97. The van der Waals surface area contributed by atoms with Gasteiger partial charge in [-0.15, -0.1) is 0 Å². The van der Waals surface area contributed by atoms with Crippen molar-refractivity contribution in [1.29, 1.82) is 0 Å². The van der Waals surface area contributed by atoms with E-state index in [1.54, 1.807) is 7.11 Å². The van der Waals surface area contributed by atoms with Crippen LogP contribution in [0.25, 0.3) is 0 Å². The summed E-state index contributed by atoms with van der Waals surface area (Å²) in [7, 11) is 1.70. The van der Waals surface area contributed by atoms with Crippen LogP contribution >= 0.6 is 15.9 Å². The van der Waals surface area contributed by atoms with Gasteiger partial charge in [-0.2, -0.15) is 0 Å². The van der Waals surface area contributed by atoms with Crippen molar-refractivity contribution >= 4 is 27.9 Å². The summed E-state index contributed by atoms with van der Waals surface area (Å²) in [5, 5.41) is 0. The minimum absolute atomic E-state index is 0.229. The third kappa shape index (κ3) is 12.0. The van der Waals surface area contributed by atoms with Crippen LogP contribution in [0.2, 0.25) is 0 Å². The Morgan fingerprint density at radius 3 is 1.83 bits per heavy atom. The number of rotatable bonds is 17. The molecule has 0 aromatic heterocycles. The van der Waals surface area contributed by atoms with Crippen molar-refractivity contribution in [3.63, 3.8) is 0 Å². The fourth-order valence-electron chi connectivity index (χ4n) is 3.38. The second kappa shape index (κ2) is 13.8. The Balaban J connectivity index is 5.09. The van der Waals surface area contributed by atoms with E-state index in [1.165, 1.54) is 0 Å². The Labute approximate surface area is 223 Å². The molecule has 0 aliphatic rings. The van der Waals surface area contributed by atoms with Crippen LogP contribution in [0.4, 0.5) is 0 Å². The predicted octanol–water partition coefficient (Wildman–Crippen LogP) is 7.11. The SMILES string of the molecule is CCCCOC(=O)C(CC(C)(C)C(C)(C)C(=O)OCCC(C)(C)OCCC(C)(C)OC)C(C)(C)Br. The highest BCUT2D eigenvalue weighted by molar-refractivity contribution is 9.10. The molecule has 0 aliphatic carbocycles. The summed E-state index contributed by atoms with van der Waals surface area (Å²) in [6.07, 6.45) is 3.66. The Morgan fingerprint density at radius 2 is 1.34 bits per heavy atom. The lowest BCUT2D eigenvalue weighted by Gasteiger charge is -2.43. The number of hydrogen-bond acceptors (Lipinski definition) is 6. The van der Waals surface area contributed by atoms with Gasteiger partial charge in [0.25, 0.3) is 0 Å². The summed E-state index contributed by atoms with van der Waals surface area (Å²) in [5.74, 6) is -0.900. The van der Waals surface area contributed by atoms with Gasteiger partial charge in [0.05, 0.1) is 42.4 Å². The lowest BCUT2D eigenvalue weighted by Crippen LogP contribution is -2.46. The average molecular weight is 566 g/mol. The van der Waals surface area contributed by atoms with Crippen molar-refractivity contribution in [2.75, 3.05) is 26.9 Å². The van der Waals surface area contributed by atoms with Gasteiger partial charge < -0.3 is 18.9 Å². The molecule has 0 radical (unpaired) electrons. The fourth-order valence-corrected chi connectivity index (χ4v) is 3.73. The first-order valence-corrected chi connectivity index (χ1v) is 13.7. The van der Waals surface area contributed by atoms with Gasteiger partial charge in [-0.1, -0.05) is 43.1 Å². The molecule has 0 heterocycles. The number of alkyl halides is 1. The van der Waals surface area contributed by atoms with E-state index in [2.05, 4.69) is 22.9 Å². The second-order valence-electron chi connectivity index (χ2n) is 12.6. The first-order chi connectivity index (χ1) is 15.7. The number of methoxy groups -OCH3 is 1. The number of halogens is 1. The van der Waals surface area contributed by atoms with Crippen LogP contribution in [0.5, 0.6) is 0 Å². The molecule has 0 bridgehead atoms. The molecule has 0 fully saturated rings. The van der Waals surface area contributed by atoms with Gasteiger partial charge >= 0.3 is 11.9 Å². The maximum atomic E-state index is 13.2. The molecule has 0 aromatic rings. The Hall–Kier alpha value is -0.660. The number of esters is 2. The molecule has 0 saturated heterocycles. The number of hydrogen-bond donors (Lipinski definition) is 0. The van der Waals surface area contributed by atoms with Gasteiger partial charge in [0.2, 0.25) is 0 Å². The molecule has 0 spiro atoms. The predicted molar refractivity (Wildman–Crippen MR) is 146 cm³/mol. The minimum atomic E-state index is -0.805. The third-order valence-corrected chi connectivity index (χ3v) is 8.01. The Bertz CT molecular complexity index is 661. The van der Waals surface area contributed by atoms with Gasteiger partial charge in [-0.3, -0.25) is 9.59 Å². The highest BCUT2D eigenvalue weighted by Crippen LogP contribution is 2.47. The molecule has 0 N–H and O–H groups in total. The largest absolute Gasteiger partial charge is 0.465 e. The highest BCUT2D eigenvalue weighted by Gasteiger charge is 2.49. The standard InChI is InChI=1S/C28H53BrO6/c1-13-14-17-33-22(30)21(28(10,11)29)20-24(2,3)27(8,9)23(31)34-18-15-26(6,7)35-19-16-25(4,5)32-12/h21H,13-20H2,1-12H3. The summed E-state index contributed by atoms with van der Waals surface area (Å²) in [6, 6.07) is 0. The van der Waals surface area contributed by atoms with Gasteiger partial charge in [0, 0.05) is 17.9 Å².